The lowest BCUT2D eigenvalue weighted by Gasteiger charge is -2.13. The summed E-state index contributed by atoms with van der Waals surface area (Å²) in [7, 11) is 0. The van der Waals surface area contributed by atoms with Gasteiger partial charge in [0, 0.05) is 36.2 Å². The Balaban J connectivity index is 1.58. The lowest BCUT2D eigenvalue weighted by atomic mass is 10.1. The van der Waals surface area contributed by atoms with E-state index in [0.29, 0.717) is 6.04 Å². The molecular formula is C25H26N2. The van der Waals surface area contributed by atoms with Gasteiger partial charge in [-0.25, -0.2) is 0 Å². The molecule has 4 rings (SSSR count). The predicted octanol–water partition coefficient (Wildman–Crippen LogP) is 5.85. The van der Waals surface area contributed by atoms with E-state index in [1.807, 2.05) is 0 Å². The molecule has 136 valence electrons. The molecule has 0 amide bonds. The van der Waals surface area contributed by atoms with Crippen molar-refractivity contribution in [2.75, 3.05) is 0 Å². The number of aryl methyl sites for hydroxylation is 1. The van der Waals surface area contributed by atoms with Crippen molar-refractivity contribution >= 4 is 10.9 Å². The third-order valence-electron chi connectivity index (χ3n) is 5.20. The molecule has 0 saturated carbocycles. The van der Waals surface area contributed by atoms with Crippen LogP contribution in [0, 0.1) is 6.92 Å². The molecule has 0 unspecified atom stereocenters. The first kappa shape index (κ1) is 17.6. The van der Waals surface area contributed by atoms with Crippen LogP contribution in [-0.4, -0.2) is 4.57 Å². The quantitative estimate of drug-likeness (QED) is 0.460. The number of rotatable bonds is 6. The highest BCUT2D eigenvalue weighted by molar-refractivity contribution is 5.84. The molecule has 0 radical (unpaired) electrons. The van der Waals surface area contributed by atoms with Crippen molar-refractivity contribution in [2.24, 2.45) is 0 Å². The molecule has 1 aromatic heterocycles. The first-order chi connectivity index (χ1) is 13.2. The zero-order valence-electron chi connectivity index (χ0n) is 16.0. The van der Waals surface area contributed by atoms with E-state index in [2.05, 4.69) is 109 Å². The summed E-state index contributed by atoms with van der Waals surface area (Å²) in [6.45, 7) is 6.13. The van der Waals surface area contributed by atoms with E-state index in [4.69, 9.17) is 0 Å². The first-order valence-corrected chi connectivity index (χ1v) is 9.61. The van der Waals surface area contributed by atoms with Gasteiger partial charge in [-0.3, -0.25) is 0 Å². The Kier molecular flexibility index (Phi) is 5.08. The average Bonchev–Trinajstić information content (AvgIpc) is 3.04. The van der Waals surface area contributed by atoms with Crippen molar-refractivity contribution in [2.45, 2.75) is 33.0 Å². The van der Waals surface area contributed by atoms with Crippen LogP contribution in [0.2, 0.25) is 0 Å². The standard InChI is InChI=1S/C25H26N2/c1-19-9-8-10-21(15-19)17-27-18-23(24-13-6-7-14-25(24)27)16-26-20(2)22-11-4-3-5-12-22/h3-15,18,20,26H,16-17H2,1-2H3/t20-/m1/s1. The number of benzene rings is 3. The maximum Gasteiger partial charge on any atom is 0.0486 e. The fourth-order valence-electron chi connectivity index (χ4n) is 3.72. The SMILES string of the molecule is Cc1cccc(Cn2cc(CN[C@H](C)c3ccccc3)c3ccccc32)c1. The topological polar surface area (TPSA) is 17.0 Å². The first-order valence-electron chi connectivity index (χ1n) is 9.61. The number of nitrogens with one attached hydrogen (secondary N) is 1. The molecule has 2 nitrogen and oxygen atoms in total. The molecule has 27 heavy (non-hydrogen) atoms. The Morgan fingerprint density at radius 1 is 0.889 bits per heavy atom. The molecule has 0 aliphatic rings. The highest BCUT2D eigenvalue weighted by atomic mass is 15.0. The van der Waals surface area contributed by atoms with Gasteiger partial charge < -0.3 is 9.88 Å². The van der Waals surface area contributed by atoms with Gasteiger partial charge in [-0.15, -0.1) is 0 Å². The summed E-state index contributed by atoms with van der Waals surface area (Å²) in [6, 6.07) is 28.4. The van der Waals surface area contributed by atoms with Gasteiger partial charge in [0.25, 0.3) is 0 Å². The van der Waals surface area contributed by atoms with Gasteiger partial charge in [-0.05, 0) is 36.6 Å². The van der Waals surface area contributed by atoms with Crippen molar-refractivity contribution in [1.29, 1.82) is 0 Å². The maximum atomic E-state index is 3.68. The lowest BCUT2D eigenvalue weighted by Crippen LogP contribution is -2.17. The van der Waals surface area contributed by atoms with Gasteiger partial charge in [0.1, 0.15) is 0 Å². The molecule has 4 aromatic rings. The second-order valence-electron chi connectivity index (χ2n) is 7.30. The van der Waals surface area contributed by atoms with Crippen LogP contribution < -0.4 is 5.32 Å². The van der Waals surface area contributed by atoms with Crippen LogP contribution in [0.15, 0.2) is 85.1 Å². The van der Waals surface area contributed by atoms with Crippen LogP contribution in [0.4, 0.5) is 0 Å². The van der Waals surface area contributed by atoms with Crippen molar-refractivity contribution < 1.29 is 0 Å². The minimum absolute atomic E-state index is 0.324. The van der Waals surface area contributed by atoms with Crippen LogP contribution in [-0.2, 0) is 13.1 Å². The number of aromatic nitrogens is 1. The van der Waals surface area contributed by atoms with Gasteiger partial charge in [0.05, 0.1) is 0 Å². The highest BCUT2D eigenvalue weighted by Gasteiger charge is 2.10. The second kappa shape index (κ2) is 7.81. The normalized spacial score (nSPS) is 12.4. The summed E-state index contributed by atoms with van der Waals surface area (Å²) >= 11 is 0. The number of hydrogen-bond acceptors (Lipinski definition) is 1. The van der Waals surface area contributed by atoms with Crippen LogP contribution >= 0.6 is 0 Å². The van der Waals surface area contributed by atoms with Crippen molar-refractivity contribution in [3.05, 3.63) is 107 Å². The van der Waals surface area contributed by atoms with Crippen LogP contribution in [0.5, 0.6) is 0 Å². The molecule has 1 heterocycles. The molecule has 0 aliphatic carbocycles. The molecule has 0 bridgehead atoms. The van der Waals surface area contributed by atoms with Crippen molar-refractivity contribution in [3.63, 3.8) is 0 Å². The summed E-state index contributed by atoms with van der Waals surface area (Å²) < 4.78 is 2.37. The van der Waals surface area contributed by atoms with E-state index < -0.39 is 0 Å². The third-order valence-corrected chi connectivity index (χ3v) is 5.20. The highest BCUT2D eigenvalue weighted by Crippen LogP contribution is 2.23. The molecule has 0 fully saturated rings. The largest absolute Gasteiger partial charge is 0.343 e. The second-order valence-corrected chi connectivity index (χ2v) is 7.30. The Morgan fingerprint density at radius 2 is 1.67 bits per heavy atom. The predicted molar refractivity (Wildman–Crippen MR) is 114 cm³/mol. The van der Waals surface area contributed by atoms with Gasteiger partial charge in [0.2, 0.25) is 0 Å². The van der Waals surface area contributed by atoms with E-state index in [9.17, 15) is 0 Å². The summed E-state index contributed by atoms with van der Waals surface area (Å²) in [5, 5.41) is 5.01. The van der Waals surface area contributed by atoms with Gasteiger partial charge in [-0.1, -0.05) is 78.4 Å². The smallest absolute Gasteiger partial charge is 0.0486 e. The summed E-state index contributed by atoms with van der Waals surface area (Å²) in [5.74, 6) is 0. The monoisotopic (exact) mass is 354 g/mol. The summed E-state index contributed by atoms with van der Waals surface area (Å²) in [4.78, 5) is 0. The van der Waals surface area contributed by atoms with Crippen molar-refractivity contribution in [1.82, 2.24) is 9.88 Å². The number of hydrogen-bond donors (Lipinski definition) is 1. The summed E-state index contributed by atoms with van der Waals surface area (Å²) in [6.07, 6.45) is 2.30. The Bertz CT molecular complexity index is 1030. The van der Waals surface area contributed by atoms with Gasteiger partial charge in [-0.2, -0.15) is 0 Å². The molecule has 0 spiro atoms. The molecule has 1 N–H and O–H groups in total. The van der Waals surface area contributed by atoms with Gasteiger partial charge in [0.15, 0.2) is 0 Å². The maximum absolute atomic E-state index is 3.68. The Labute approximate surface area is 161 Å². The average molecular weight is 354 g/mol. The van der Waals surface area contributed by atoms with E-state index in [-0.39, 0.29) is 0 Å². The zero-order chi connectivity index (χ0) is 18.6. The molecule has 0 aliphatic heterocycles. The van der Waals surface area contributed by atoms with Crippen LogP contribution in [0.1, 0.15) is 35.2 Å². The molecule has 3 aromatic carbocycles. The summed E-state index contributed by atoms with van der Waals surface area (Å²) in [5.41, 5.74) is 6.61. The molecule has 0 saturated heterocycles. The van der Waals surface area contributed by atoms with Crippen LogP contribution in [0.3, 0.4) is 0 Å². The van der Waals surface area contributed by atoms with Gasteiger partial charge >= 0.3 is 0 Å². The van der Waals surface area contributed by atoms with Crippen LogP contribution in [0.25, 0.3) is 10.9 Å². The molecular weight excluding hydrogens is 328 g/mol. The lowest BCUT2D eigenvalue weighted by molar-refractivity contribution is 0.575. The van der Waals surface area contributed by atoms with E-state index >= 15 is 0 Å². The number of fused-ring (bicyclic) bond motifs is 1. The fourth-order valence-corrected chi connectivity index (χ4v) is 3.72. The molecule has 1 atom stereocenters. The van der Waals surface area contributed by atoms with E-state index in [0.717, 1.165) is 13.1 Å². The molecule has 2 heteroatoms. The van der Waals surface area contributed by atoms with Crippen molar-refractivity contribution in [3.8, 4) is 0 Å². The van der Waals surface area contributed by atoms with E-state index in [1.54, 1.807) is 0 Å². The third kappa shape index (κ3) is 3.96. The van der Waals surface area contributed by atoms with E-state index in [1.165, 1.54) is 33.2 Å². The Hall–Kier alpha value is -2.84. The zero-order valence-corrected chi connectivity index (χ0v) is 16.0. The Morgan fingerprint density at radius 3 is 2.48 bits per heavy atom. The minimum Gasteiger partial charge on any atom is -0.343 e. The fraction of sp³-hybridized carbons (Fsp3) is 0.200. The minimum atomic E-state index is 0.324. The number of para-hydroxylation sites is 1. The number of nitrogens with zero attached hydrogens (tertiary/aromatic N) is 1.